The molecule has 122 valence electrons. The summed E-state index contributed by atoms with van der Waals surface area (Å²) in [6.45, 7) is 0.226. The maximum atomic E-state index is 13.2. The summed E-state index contributed by atoms with van der Waals surface area (Å²) in [5.74, 6) is -0.866. The van der Waals surface area contributed by atoms with Crippen molar-refractivity contribution in [2.45, 2.75) is 6.54 Å². The minimum Gasteiger partial charge on any atom is -0.497 e. The van der Waals surface area contributed by atoms with Crippen molar-refractivity contribution in [1.29, 1.82) is 0 Å². The van der Waals surface area contributed by atoms with E-state index in [4.69, 9.17) is 9.47 Å². The molecule has 2 aromatic carbocycles. The molecule has 0 bridgehead atoms. The van der Waals surface area contributed by atoms with Crippen LogP contribution in [0.2, 0.25) is 0 Å². The summed E-state index contributed by atoms with van der Waals surface area (Å²) in [5.41, 5.74) is 0.707. The fraction of sp³-hybridized carbons (Fsp3) is 0.235. The molecule has 6 heteroatoms. The molecule has 0 fully saturated rings. The molecule has 4 nitrogen and oxygen atoms in total. The first kappa shape index (κ1) is 16.7. The molecule has 0 aliphatic carbocycles. The van der Waals surface area contributed by atoms with Gasteiger partial charge in [0.2, 0.25) is 0 Å². The quantitative estimate of drug-likeness (QED) is 0.848. The Labute approximate surface area is 133 Å². The Hall–Kier alpha value is -2.63. The number of halogens is 2. The first-order chi connectivity index (χ1) is 10.9. The van der Waals surface area contributed by atoms with Crippen LogP contribution in [0, 0.1) is 11.6 Å². The molecule has 0 spiro atoms. The molecule has 0 aliphatic heterocycles. The lowest BCUT2D eigenvalue weighted by molar-refractivity contribution is 0.0783. The first-order valence-corrected chi connectivity index (χ1v) is 6.87. The van der Waals surface area contributed by atoms with Crippen LogP contribution < -0.4 is 9.47 Å². The number of benzene rings is 2. The first-order valence-electron chi connectivity index (χ1n) is 6.87. The van der Waals surface area contributed by atoms with Gasteiger partial charge in [0, 0.05) is 36.9 Å². The van der Waals surface area contributed by atoms with Crippen LogP contribution in [0.3, 0.4) is 0 Å². The van der Waals surface area contributed by atoms with Gasteiger partial charge in [0.25, 0.3) is 5.91 Å². The van der Waals surface area contributed by atoms with Crippen LogP contribution >= 0.6 is 0 Å². The van der Waals surface area contributed by atoms with Crippen LogP contribution in [0.15, 0.2) is 36.4 Å². The van der Waals surface area contributed by atoms with Gasteiger partial charge in [0.15, 0.2) is 0 Å². The molecule has 23 heavy (non-hydrogen) atoms. The predicted molar refractivity (Wildman–Crippen MR) is 81.7 cm³/mol. The SMILES string of the molecule is COc1ccc(CN(C)C(=O)c2cc(F)cc(F)c2)c(OC)c1. The van der Waals surface area contributed by atoms with Gasteiger partial charge in [-0.1, -0.05) is 0 Å². The second-order valence-corrected chi connectivity index (χ2v) is 5.00. The Morgan fingerprint density at radius 1 is 1.04 bits per heavy atom. The highest BCUT2D eigenvalue weighted by Crippen LogP contribution is 2.26. The molecule has 1 amide bonds. The summed E-state index contributed by atoms with van der Waals surface area (Å²) < 4.78 is 36.9. The molecule has 2 rings (SSSR count). The van der Waals surface area contributed by atoms with Gasteiger partial charge in [-0.25, -0.2) is 8.78 Å². The van der Waals surface area contributed by atoms with E-state index < -0.39 is 17.5 Å². The van der Waals surface area contributed by atoms with E-state index in [0.29, 0.717) is 11.5 Å². The molecule has 0 aliphatic rings. The van der Waals surface area contributed by atoms with E-state index in [2.05, 4.69) is 0 Å². The standard InChI is InChI=1S/C17H17F2NO3/c1-20(17(21)12-6-13(18)8-14(19)7-12)10-11-4-5-15(22-2)9-16(11)23-3/h4-9H,10H2,1-3H3. The number of hydrogen-bond donors (Lipinski definition) is 0. The van der Waals surface area contributed by atoms with Gasteiger partial charge in [-0.3, -0.25) is 4.79 Å². The van der Waals surface area contributed by atoms with E-state index in [1.54, 1.807) is 32.4 Å². The Kier molecular flexibility index (Phi) is 5.16. The Morgan fingerprint density at radius 2 is 1.70 bits per heavy atom. The van der Waals surface area contributed by atoms with Gasteiger partial charge < -0.3 is 14.4 Å². The number of amides is 1. The van der Waals surface area contributed by atoms with Crippen molar-refractivity contribution < 1.29 is 23.0 Å². The van der Waals surface area contributed by atoms with Crippen molar-refractivity contribution in [2.24, 2.45) is 0 Å². The van der Waals surface area contributed by atoms with E-state index in [0.717, 1.165) is 23.8 Å². The number of ether oxygens (including phenoxy) is 2. The average Bonchev–Trinajstić information content (AvgIpc) is 2.53. The van der Waals surface area contributed by atoms with Crippen LogP contribution in [0.4, 0.5) is 8.78 Å². The number of methoxy groups -OCH3 is 2. The number of nitrogens with zero attached hydrogens (tertiary/aromatic N) is 1. The fourth-order valence-corrected chi connectivity index (χ4v) is 2.21. The van der Waals surface area contributed by atoms with E-state index in [-0.39, 0.29) is 12.1 Å². The average molecular weight is 321 g/mol. The maximum Gasteiger partial charge on any atom is 0.254 e. The highest BCUT2D eigenvalue weighted by Gasteiger charge is 2.16. The Balaban J connectivity index is 2.21. The molecule has 2 aromatic rings. The number of hydrogen-bond acceptors (Lipinski definition) is 3. The molecule has 0 N–H and O–H groups in total. The molecule has 0 unspecified atom stereocenters. The molecular weight excluding hydrogens is 304 g/mol. The van der Waals surface area contributed by atoms with E-state index >= 15 is 0 Å². The van der Waals surface area contributed by atoms with Crippen LogP contribution in [-0.2, 0) is 6.54 Å². The van der Waals surface area contributed by atoms with Gasteiger partial charge in [-0.15, -0.1) is 0 Å². The topological polar surface area (TPSA) is 38.8 Å². The van der Waals surface area contributed by atoms with Crippen molar-refractivity contribution >= 4 is 5.91 Å². The minimum absolute atomic E-state index is 0.0440. The van der Waals surface area contributed by atoms with Crippen molar-refractivity contribution in [2.75, 3.05) is 21.3 Å². The highest BCUT2D eigenvalue weighted by molar-refractivity contribution is 5.94. The van der Waals surface area contributed by atoms with E-state index in [9.17, 15) is 13.6 Å². The lowest BCUT2D eigenvalue weighted by Crippen LogP contribution is -2.26. The normalized spacial score (nSPS) is 10.3. The second-order valence-electron chi connectivity index (χ2n) is 5.00. The predicted octanol–water partition coefficient (Wildman–Crippen LogP) is 3.25. The molecular formula is C17H17F2NO3. The van der Waals surface area contributed by atoms with Gasteiger partial charge in [-0.2, -0.15) is 0 Å². The fourth-order valence-electron chi connectivity index (χ4n) is 2.21. The lowest BCUT2D eigenvalue weighted by Gasteiger charge is -2.19. The third kappa shape index (κ3) is 3.97. The largest absolute Gasteiger partial charge is 0.497 e. The van der Waals surface area contributed by atoms with E-state index in [1.165, 1.54) is 12.0 Å². The third-order valence-electron chi connectivity index (χ3n) is 3.36. The number of carbonyl (C=O) groups excluding carboxylic acids is 1. The van der Waals surface area contributed by atoms with Gasteiger partial charge in [0.1, 0.15) is 23.1 Å². The van der Waals surface area contributed by atoms with Crippen LogP contribution in [0.1, 0.15) is 15.9 Å². The zero-order valence-electron chi connectivity index (χ0n) is 13.1. The van der Waals surface area contributed by atoms with Gasteiger partial charge in [0.05, 0.1) is 14.2 Å². The van der Waals surface area contributed by atoms with Gasteiger partial charge in [-0.05, 0) is 24.3 Å². The summed E-state index contributed by atoms with van der Waals surface area (Å²) in [6, 6.07) is 7.96. The monoisotopic (exact) mass is 321 g/mol. The second kappa shape index (κ2) is 7.09. The van der Waals surface area contributed by atoms with Crippen LogP contribution in [0.25, 0.3) is 0 Å². The summed E-state index contributed by atoms with van der Waals surface area (Å²) in [5, 5.41) is 0. The van der Waals surface area contributed by atoms with Crippen molar-refractivity contribution in [1.82, 2.24) is 4.90 Å². The summed E-state index contributed by atoms with van der Waals surface area (Å²) in [4.78, 5) is 13.7. The van der Waals surface area contributed by atoms with Crippen LogP contribution in [0.5, 0.6) is 11.5 Å². The van der Waals surface area contributed by atoms with Gasteiger partial charge >= 0.3 is 0 Å². The van der Waals surface area contributed by atoms with Crippen molar-refractivity contribution in [3.63, 3.8) is 0 Å². The smallest absolute Gasteiger partial charge is 0.254 e. The minimum atomic E-state index is -0.788. The molecule has 0 saturated carbocycles. The molecule has 0 radical (unpaired) electrons. The highest BCUT2D eigenvalue weighted by atomic mass is 19.1. The molecule has 0 aromatic heterocycles. The third-order valence-corrected chi connectivity index (χ3v) is 3.36. The summed E-state index contributed by atoms with van der Waals surface area (Å²) in [6.07, 6.45) is 0. The molecule has 0 saturated heterocycles. The molecule has 0 heterocycles. The maximum absolute atomic E-state index is 13.2. The zero-order chi connectivity index (χ0) is 17.0. The van der Waals surface area contributed by atoms with Crippen molar-refractivity contribution in [3.8, 4) is 11.5 Å². The Morgan fingerprint density at radius 3 is 2.26 bits per heavy atom. The molecule has 0 atom stereocenters. The summed E-state index contributed by atoms with van der Waals surface area (Å²) >= 11 is 0. The van der Waals surface area contributed by atoms with Crippen molar-refractivity contribution in [3.05, 3.63) is 59.2 Å². The lowest BCUT2D eigenvalue weighted by atomic mass is 10.1. The van der Waals surface area contributed by atoms with E-state index in [1.807, 2.05) is 0 Å². The number of rotatable bonds is 5. The van der Waals surface area contributed by atoms with Crippen LogP contribution in [-0.4, -0.2) is 32.1 Å². The Bertz CT molecular complexity index is 699. The number of carbonyl (C=O) groups is 1. The zero-order valence-corrected chi connectivity index (χ0v) is 13.1. The summed E-state index contributed by atoms with van der Waals surface area (Å²) in [7, 11) is 4.61.